The van der Waals surface area contributed by atoms with Crippen molar-refractivity contribution in [1.82, 2.24) is 0 Å². The lowest BCUT2D eigenvalue weighted by molar-refractivity contribution is -0.137. The van der Waals surface area contributed by atoms with E-state index >= 15 is 0 Å². The highest BCUT2D eigenvalue weighted by Gasteiger charge is 2.15. The molecule has 0 saturated carbocycles. The van der Waals surface area contributed by atoms with Gasteiger partial charge in [0.2, 0.25) is 0 Å². The zero-order valence-corrected chi connectivity index (χ0v) is 16.3. The average Bonchev–Trinajstić information content (AvgIpc) is 2.63. The summed E-state index contributed by atoms with van der Waals surface area (Å²) in [5.41, 5.74) is 0. The standard InChI is InChI=1S/C21H32O5/c1-4-7-10-15-24-17-13-14-18(25-20(22)11-8-5-2)19(16-17)26-21(23)12-9-6-3/h13-14,16H,4-12,15H2,1-3H3. The summed E-state index contributed by atoms with van der Waals surface area (Å²) in [6, 6.07) is 4.98. The molecule has 0 aliphatic rings. The average molecular weight is 364 g/mol. The van der Waals surface area contributed by atoms with Gasteiger partial charge in [0.05, 0.1) is 6.61 Å². The van der Waals surface area contributed by atoms with Crippen LogP contribution in [0, 0.1) is 0 Å². The number of hydrogen-bond acceptors (Lipinski definition) is 5. The van der Waals surface area contributed by atoms with Gasteiger partial charge in [-0.05, 0) is 31.4 Å². The van der Waals surface area contributed by atoms with Crippen molar-refractivity contribution in [2.45, 2.75) is 78.6 Å². The molecule has 5 heteroatoms. The lowest BCUT2D eigenvalue weighted by Gasteiger charge is -2.13. The summed E-state index contributed by atoms with van der Waals surface area (Å²) >= 11 is 0. The highest BCUT2D eigenvalue weighted by molar-refractivity contribution is 5.76. The molecule has 26 heavy (non-hydrogen) atoms. The Bertz CT molecular complexity index is 553. The second-order valence-corrected chi connectivity index (χ2v) is 6.32. The van der Waals surface area contributed by atoms with Crippen LogP contribution in [-0.4, -0.2) is 18.5 Å². The molecule has 5 nitrogen and oxygen atoms in total. The van der Waals surface area contributed by atoms with Crippen molar-refractivity contribution in [2.75, 3.05) is 6.61 Å². The maximum Gasteiger partial charge on any atom is 0.311 e. The van der Waals surface area contributed by atoms with Gasteiger partial charge in [0.25, 0.3) is 0 Å². The normalized spacial score (nSPS) is 10.4. The molecule has 1 aromatic rings. The van der Waals surface area contributed by atoms with Crippen LogP contribution in [0.2, 0.25) is 0 Å². The summed E-state index contributed by atoms with van der Waals surface area (Å²) in [5, 5.41) is 0. The van der Waals surface area contributed by atoms with Gasteiger partial charge in [-0.3, -0.25) is 9.59 Å². The van der Waals surface area contributed by atoms with E-state index in [4.69, 9.17) is 14.2 Å². The number of hydrogen-bond donors (Lipinski definition) is 0. The van der Waals surface area contributed by atoms with E-state index in [9.17, 15) is 9.59 Å². The van der Waals surface area contributed by atoms with Crippen molar-refractivity contribution in [3.63, 3.8) is 0 Å². The van der Waals surface area contributed by atoms with E-state index in [-0.39, 0.29) is 23.4 Å². The fourth-order valence-corrected chi connectivity index (χ4v) is 2.27. The number of benzene rings is 1. The van der Waals surface area contributed by atoms with Crippen molar-refractivity contribution >= 4 is 11.9 Å². The van der Waals surface area contributed by atoms with Crippen LogP contribution >= 0.6 is 0 Å². The van der Waals surface area contributed by atoms with Crippen molar-refractivity contribution in [1.29, 1.82) is 0 Å². The third-order valence-corrected chi connectivity index (χ3v) is 3.85. The van der Waals surface area contributed by atoms with Crippen molar-refractivity contribution < 1.29 is 23.8 Å². The van der Waals surface area contributed by atoms with Crippen molar-refractivity contribution in [3.05, 3.63) is 18.2 Å². The first-order chi connectivity index (χ1) is 12.6. The summed E-state index contributed by atoms with van der Waals surface area (Å²) in [6.07, 6.45) is 7.22. The maximum atomic E-state index is 12.0. The minimum Gasteiger partial charge on any atom is -0.493 e. The lowest BCUT2D eigenvalue weighted by atomic mass is 10.2. The van der Waals surface area contributed by atoms with E-state index in [2.05, 4.69) is 6.92 Å². The number of unbranched alkanes of at least 4 members (excludes halogenated alkanes) is 4. The molecule has 0 fully saturated rings. The smallest absolute Gasteiger partial charge is 0.311 e. The molecule has 1 rings (SSSR count). The van der Waals surface area contributed by atoms with Crippen LogP contribution in [0.1, 0.15) is 78.6 Å². The minimum absolute atomic E-state index is 0.240. The van der Waals surface area contributed by atoms with Gasteiger partial charge in [-0.15, -0.1) is 0 Å². The van der Waals surface area contributed by atoms with E-state index in [1.165, 1.54) is 0 Å². The highest BCUT2D eigenvalue weighted by atomic mass is 16.6. The Labute approximate surface area is 157 Å². The third-order valence-electron chi connectivity index (χ3n) is 3.85. The van der Waals surface area contributed by atoms with Gasteiger partial charge in [0.15, 0.2) is 11.5 Å². The first kappa shape index (κ1) is 22.0. The minimum atomic E-state index is -0.333. The first-order valence-corrected chi connectivity index (χ1v) is 9.78. The summed E-state index contributed by atoms with van der Waals surface area (Å²) < 4.78 is 16.5. The Morgan fingerprint density at radius 2 is 1.35 bits per heavy atom. The summed E-state index contributed by atoms with van der Waals surface area (Å²) in [4.78, 5) is 23.9. The van der Waals surface area contributed by atoms with Crippen LogP contribution in [0.5, 0.6) is 17.2 Å². The summed E-state index contributed by atoms with van der Waals surface area (Å²) in [6.45, 7) is 6.76. The first-order valence-electron chi connectivity index (χ1n) is 9.78. The molecule has 0 aliphatic heterocycles. The predicted molar refractivity (Wildman–Crippen MR) is 102 cm³/mol. The van der Waals surface area contributed by atoms with Gasteiger partial charge < -0.3 is 14.2 Å². The molecule has 146 valence electrons. The van der Waals surface area contributed by atoms with Crippen LogP contribution in [-0.2, 0) is 9.59 Å². The highest BCUT2D eigenvalue weighted by Crippen LogP contribution is 2.32. The Balaban J connectivity index is 2.81. The van der Waals surface area contributed by atoms with Gasteiger partial charge in [-0.2, -0.15) is 0 Å². The molecule has 0 N–H and O–H groups in total. The number of rotatable bonds is 13. The molecule has 0 radical (unpaired) electrons. The third kappa shape index (κ3) is 8.88. The van der Waals surface area contributed by atoms with Gasteiger partial charge in [0.1, 0.15) is 5.75 Å². The van der Waals surface area contributed by atoms with Crippen LogP contribution in [0.15, 0.2) is 18.2 Å². The number of carbonyl (C=O) groups excluding carboxylic acids is 2. The predicted octanol–water partition coefficient (Wildman–Crippen LogP) is 5.45. The van der Waals surface area contributed by atoms with Gasteiger partial charge in [0, 0.05) is 18.9 Å². The second-order valence-electron chi connectivity index (χ2n) is 6.32. The van der Waals surface area contributed by atoms with Crippen molar-refractivity contribution in [3.8, 4) is 17.2 Å². The Kier molecular flexibility index (Phi) is 11.2. The van der Waals surface area contributed by atoms with E-state index in [1.54, 1.807) is 18.2 Å². The van der Waals surface area contributed by atoms with Crippen LogP contribution in [0.3, 0.4) is 0 Å². The number of esters is 2. The largest absolute Gasteiger partial charge is 0.493 e. The fourth-order valence-electron chi connectivity index (χ4n) is 2.27. The molecular formula is C21H32O5. The maximum absolute atomic E-state index is 12.0. The van der Waals surface area contributed by atoms with Crippen molar-refractivity contribution in [2.24, 2.45) is 0 Å². The Morgan fingerprint density at radius 3 is 1.92 bits per heavy atom. The van der Waals surface area contributed by atoms with E-state index in [0.29, 0.717) is 25.2 Å². The zero-order chi connectivity index (χ0) is 19.2. The topological polar surface area (TPSA) is 61.8 Å². The molecular weight excluding hydrogens is 332 g/mol. The molecule has 0 aliphatic carbocycles. The molecule has 0 saturated heterocycles. The van der Waals surface area contributed by atoms with Crippen LogP contribution in [0.25, 0.3) is 0 Å². The van der Waals surface area contributed by atoms with E-state index < -0.39 is 0 Å². The summed E-state index contributed by atoms with van der Waals surface area (Å²) in [5.74, 6) is 0.448. The van der Waals surface area contributed by atoms with Gasteiger partial charge in [-0.1, -0.05) is 46.5 Å². The quantitative estimate of drug-likeness (QED) is 0.265. The molecule has 0 atom stereocenters. The molecule has 1 aromatic carbocycles. The SMILES string of the molecule is CCCCCOc1ccc(OC(=O)CCCC)c(OC(=O)CCCC)c1. The molecule has 0 heterocycles. The number of ether oxygens (including phenoxy) is 3. The van der Waals surface area contributed by atoms with Gasteiger partial charge in [-0.25, -0.2) is 0 Å². The Morgan fingerprint density at radius 1 is 0.769 bits per heavy atom. The second kappa shape index (κ2) is 13.2. The lowest BCUT2D eigenvalue weighted by Crippen LogP contribution is -2.12. The van der Waals surface area contributed by atoms with Crippen LogP contribution < -0.4 is 14.2 Å². The fraction of sp³-hybridized carbons (Fsp3) is 0.619. The zero-order valence-electron chi connectivity index (χ0n) is 16.3. The van der Waals surface area contributed by atoms with Crippen LogP contribution in [0.4, 0.5) is 0 Å². The molecule has 0 unspecified atom stereocenters. The van der Waals surface area contributed by atoms with Gasteiger partial charge >= 0.3 is 11.9 Å². The molecule has 0 spiro atoms. The molecule has 0 aromatic heterocycles. The molecule has 0 bridgehead atoms. The summed E-state index contributed by atoms with van der Waals surface area (Å²) in [7, 11) is 0. The monoisotopic (exact) mass is 364 g/mol. The van der Waals surface area contributed by atoms with E-state index in [1.807, 2.05) is 13.8 Å². The van der Waals surface area contributed by atoms with E-state index in [0.717, 1.165) is 44.9 Å². The number of carbonyl (C=O) groups is 2. The Hall–Kier alpha value is -2.04. The molecule has 0 amide bonds.